The van der Waals surface area contributed by atoms with E-state index in [-0.39, 0.29) is 22.3 Å². The summed E-state index contributed by atoms with van der Waals surface area (Å²) in [5, 5.41) is 0. The van der Waals surface area contributed by atoms with E-state index in [9.17, 15) is 13.2 Å². The van der Waals surface area contributed by atoms with Crippen molar-refractivity contribution in [2.45, 2.75) is 17.7 Å². The molecule has 1 N–H and O–H groups in total. The zero-order valence-corrected chi connectivity index (χ0v) is 17.9. The van der Waals surface area contributed by atoms with Gasteiger partial charge in [-0.15, -0.1) is 0 Å². The van der Waals surface area contributed by atoms with Crippen LogP contribution in [0, 0.1) is 0 Å². The molecular formula is C22H22N2O6S. The van der Waals surface area contributed by atoms with Crippen molar-refractivity contribution in [2.75, 3.05) is 30.4 Å². The average Bonchev–Trinajstić information content (AvgIpc) is 3.32. The van der Waals surface area contributed by atoms with E-state index in [2.05, 4.69) is 4.72 Å². The van der Waals surface area contributed by atoms with Gasteiger partial charge in [0, 0.05) is 24.0 Å². The highest BCUT2D eigenvalue weighted by Crippen LogP contribution is 2.33. The van der Waals surface area contributed by atoms with Crippen molar-refractivity contribution in [2.24, 2.45) is 0 Å². The summed E-state index contributed by atoms with van der Waals surface area (Å²) in [5.74, 6) is 0.656. The van der Waals surface area contributed by atoms with E-state index in [0.717, 1.165) is 24.1 Å². The molecule has 162 valence electrons. The third-order valence-electron chi connectivity index (χ3n) is 5.09. The predicted molar refractivity (Wildman–Crippen MR) is 116 cm³/mol. The van der Waals surface area contributed by atoms with Gasteiger partial charge in [0.05, 0.1) is 20.5 Å². The number of furan rings is 1. The van der Waals surface area contributed by atoms with Crippen molar-refractivity contribution in [1.29, 1.82) is 0 Å². The number of amides is 1. The zero-order chi connectivity index (χ0) is 22.0. The topological polar surface area (TPSA) is 98.1 Å². The quantitative estimate of drug-likeness (QED) is 0.625. The Kier molecular flexibility index (Phi) is 5.60. The smallest absolute Gasteiger partial charge is 0.293 e. The zero-order valence-electron chi connectivity index (χ0n) is 17.1. The van der Waals surface area contributed by atoms with Gasteiger partial charge in [-0.25, -0.2) is 8.42 Å². The lowest BCUT2D eigenvalue weighted by molar-refractivity contribution is 0.0958. The van der Waals surface area contributed by atoms with Crippen LogP contribution in [0.5, 0.6) is 11.5 Å². The van der Waals surface area contributed by atoms with E-state index < -0.39 is 10.0 Å². The van der Waals surface area contributed by atoms with E-state index >= 15 is 0 Å². The van der Waals surface area contributed by atoms with Crippen molar-refractivity contribution in [3.63, 3.8) is 0 Å². The number of carbonyl (C=O) groups excluding carboxylic acids is 1. The standard InChI is InChI=1S/C22H22N2O6S/c1-28-17-8-10-19(29-2)21(14-17)31(26,27)23-16-7-9-18-15(13-16)5-3-11-24(18)22(25)20-6-4-12-30-20/h4,6-10,12-14,23H,3,5,11H2,1-2H3. The fourth-order valence-corrected chi connectivity index (χ4v) is 4.84. The maximum absolute atomic E-state index is 13.0. The summed E-state index contributed by atoms with van der Waals surface area (Å²) in [6, 6.07) is 13.0. The van der Waals surface area contributed by atoms with Crippen molar-refractivity contribution >= 4 is 27.3 Å². The third kappa shape index (κ3) is 4.09. The number of fused-ring (bicyclic) bond motifs is 1. The van der Waals surface area contributed by atoms with Gasteiger partial charge < -0.3 is 18.8 Å². The summed E-state index contributed by atoms with van der Waals surface area (Å²) in [6.45, 7) is 0.568. The summed E-state index contributed by atoms with van der Waals surface area (Å²) in [7, 11) is -1.06. The predicted octanol–water partition coefficient (Wildman–Crippen LogP) is 3.69. The van der Waals surface area contributed by atoms with E-state index in [4.69, 9.17) is 13.9 Å². The highest BCUT2D eigenvalue weighted by atomic mass is 32.2. The molecular weight excluding hydrogens is 420 g/mol. The first-order valence-corrected chi connectivity index (χ1v) is 11.1. The van der Waals surface area contributed by atoms with Crippen molar-refractivity contribution < 1.29 is 27.1 Å². The van der Waals surface area contributed by atoms with Gasteiger partial charge in [-0.05, 0) is 60.9 Å². The Bertz CT molecular complexity index is 1200. The molecule has 1 aliphatic heterocycles. The number of aryl methyl sites for hydroxylation is 1. The van der Waals surface area contributed by atoms with E-state index in [1.807, 2.05) is 0 Å². The number of benzene rings is 2. The molecule has 3 aromatic rings. The molecule has 1 amide bonds. The fourth-order valence-electron chi connectivity index (χ4n) is 3.61. The van der Waals surface area contributed by atoms with Crippen LogP contribution < -0.4 is 19.1 Å². The molecule has 2 aromatic carbocycles. The molecule has 0 radical (unpaired) electrons. The van der Waals surface area contributed by atoms with Gasteiger partial charge in [-0.1, -0.05) is 0 Å². The molecule has 0 spiro atoms. The first-order valence-electron chi connectivity index (χ1n) is 9.66. The second kappa shape index (κ2) is 8.35. The van der Waals surface area contributed by atoms with Crippen LogP contribution in [0.25, 0.3) is 0 Å². The molecule has 1 aromatic heterocycles. The maximum Gasteiger partial charge on any atom is 0.293 e. The number of hydrogen-bond acceptors (Lipinski definition) is 6. The van der Waals surface area contributed by atoms with Crippen molar-refractivity contribution in [3.8, 4) is 11.5 Å². The first kappa shape index (κ1) is 20.8. The normalized spacial score (nSPS) is 13.4. The monoisotopic (exact) mass is 442 g/mol. The van der Waals surface area contributed by atoms with E-state index in [1.54, 1.807) is 47.4 Å². The molecule has 0 fully saturated rings. The first-order chi connectivity index (χ1) is 14.9. The lowest BCUT2D eigenvalue weighted by Crippen LogP contribution is -2.35. The molecule has 2 heterocycles. The van der Waals surface area contributed by atoms with Gasteiger partial charge in [-0.3, -0.25) is 9.52 Å². The van der Waals surface area contributed by atoms with E-state index in [1.165, 1.54) is 26.5 Å². The van der Waals surface area contributed by atoms with Crippen LogP contribution in [0.1, 0.15) is 22.5 Å². The van der Waals surface area contributed by atoms with Crippen LogP contribution >= 0.6 is 0 Å². The Labute approximate surface area is 180 Å². The summed E-state index contributed by atoms with van der Waals surface area (Å²) >= 11 is 0. The lowest BCUT2D eigenvalue weighted by Gasteiger charge is -2.29. The number of nitrogens with one attached hydrogen (secondary N) is 1. The van der Waals surface area contributed by atoms with Crippen LogP contribution in [0.15, 0.2) is 64.1 Å². The molecule has 0 atom stereocenters. The largest absolute Gasteiger partial charge is 0.497 e. The molecule has 0 aliphatic carbocycles. The van der Waals surface area contributed by atoms with Gasteiger partial charge in [0.15, 0.2) is 5.76 Å². The second-order valence-electron chi connectivity index (χ2n) is 7.00. The SMILES string of the molecule is COc1ccc(OC)c(S(=O)(=O)Nc2ccc3c(c2)CCCN3C(=O)c2ccco2)c1. The van der Waals surface area contributed by atoms with Crippen LogP contribution in [0.3, 0.4) is 0 Å². The molecule has 4 rings (SSSR count). The molecule has 31 heavy (non-hydrogen) atoms. The highest BCUT2D eigenvalue weighted by molar-refractivity contribution is 7.92. The number of carbonyl (C=O) groups is 1. The maximum atomic E-state index is 13.0. The summed E-state index contributed by atoms with van der Waals surface area (Å²) in [6.07, 6.45) is 2.96. The number of sulfonamides is 1. The number of methoxy groups -OCH3 is 2. The number of anilines is 2. The Morgan fingerprint density at radius 1 is 1.10 bits per heavy atom. The number of nitrogens with zero attached hydrogens (tertiary/aromatic N) is 1. The van der Waals surface area contributed by atoms with Gasteiger partial charge in [-0.2, -0.15) is 0 Å². The number of rotatable bonds is 6. The van der Waals surface area contributed by atoms with Gasteiger partial charge >= 0.3 is 0 Å². The van der Waals surface area contributed by atoms with Gasteiger partial charge in [0.1, 0.15) is 16.4 Å². The van der Waals surface area contributed by atoms with Crippen LogP contribution in [-0.2, 0) is 16.4 Å². The van der Waals surface area contributed by atoms with Crippen LogP contribution in [0.2, 0.25) is 0 Å². The number of ether oxygens (including phenoxy) is 2. The van der Waals surface area contributed by atoms with Crippen LogP contribution in [0.4, 0.5) is 11.4 Å². The minimum Gasteiger partial charge on any atom is -0.497 e. The second-order valence-corrected chi connectivity index (χ2v) is 8.65. The van der Waals surface area contributed by atoms with Gasteiger partial charge in [0.2, 0.25) is 0 Å². The molecule has 0 unspecified atom stereocenters. The fraction of sp³-hybridized carbons (Fsp3) is 0.227. The number of hydrogen-bond donors (Lipinski definition) is 1. The molecule has 0 saturated carbocycles. The van der Waals surface area contributed by atoms with Crippen LogP contribution in [-0.4, -0.2) is 35.1 Å². The average molecular weight is 442 g/mol. The molecule has 0 saturated heterocycles. The highest BCUT2D eigenvalue weighted by Gasteiger charge is 2.26. The summed E-state index contributed by atoms with van der Waals surface area (Å²) in [4.78, 5) is 14.4. The molecule has 1 aliphatic rings. The van der Waals surface area contributed by atoms with Crippen molar-refractivity contribution in [3.05, 3.63) is 66.1 Å². The Balaban J connectivity index is 1.63. The molecule has 9 heteroatoms. The minimum atomic E-state index is -3.93. The lowest BCUT2D eigenvalue weighted by atomic mass is 10.0. The Morgan fingerprint density at radius 3 is 2.65 bits per heavy atom. The minimum absolute atomic E-state index is 0.0262. The summed E-state index contributed by atoms with van der Waals surface area (Å²) in [5.41, 5.74) is 2.02. The molecule has 8 nitrogen and oxygen atoms in total. The summed E-state index contributed by atoms with van der Waals surface area (Å²) < 4.78 is 44.2. The third-order valence-corrected chi connectivity index (χ3v) is 6.49. The molecule has 0 bridgehead atoms. The van der Waals surface area contributed by atoms with E-state index in [0.29, 0.717) is 18.0 Å². The Hall–Kier alpha value is -3.46. The Morgan fingerprint density at radius 2 is 1.94 bits per heavy atom. The van der Waals surface area contributed by atoms with Gasteiger partial charge in [0.25, 0.3) is 15.9 Å². The van der Waals surface area contributed by atoms with Crippen molar-refractivity contribution in [1.82, 2.24) is 0 Å².